The Kier molecular flexibility index (Phi) is 7.03. The Hall–Kier alpha value is -0.930. The van der Waals surface area contributed by atoms with Gasteiger partial charge in [-0.15, -0.1) is 0 Å². The normalized spacial score (nSPS) is 12.1. The molecule has 0 atom stereocenters. The van der Waals surface area contributed by atoms with Crippen molar-refractivity contribution in [1.29, 1.82) is 0 Å². The molecule has 0 radical (unpaired) electrons. The third-order valence-electron chi connectivity index (χ3n) is 3.26. The fraction of sp³-hybridized carbons (Fsp3) is 0.688. The summed E-state index contributed by atoms with van der Waals surface area (Å²) in [6.07, 6.45) is 6.04. The monoisotopic (exact) mass is 263 g/mol. The van der Waals surface area contributed by atoms with Crippen LogP contribution in [0.1, 0.15) is 32.8 Å². The van der Waals surface area contributed by atoms with Crippen molar-refractivity contribution in [2.45, 2.75) is 33.6 Å². The van der Waals surface area contributed by atoms with Gasteiger partial charge in [-0.2, -0.15) is 0 Å². The Morgan fingerprint density at radius 3 is 2.58 bits per heavy atom. The molecule has 0 saturated carbocycles. The van der Waals surface area contributed by atoms with Gasteiger partial charge in [-0.3, -0.25) is 4.98 Å². The van der Waals surface area contributed by atoms with Crippen LogP contribution in [0.2, 0.25) is 0 Å². The molecule has 0 aliphatic heterocycles. The molecule has 0 spiro atoms. The number of pyridine rings is 1. The van der Waals surface area contributed by atoms with Gasteiger partial charge in [-0.05, 0) is 49.5 Å². The first-order chi connectivity index (χ1) is 9.03. The molecule has 0 aliphatic rings. The first-order valence-corrected chi connectivity index (χ1v) is 7.31. The predicted octanol–water partition coefficient (Wildman–Crippen LogP) is 2.58. The van der Waals surface area contributed by atoms with Crippen molar-refractivity contribution < 1.29 is 0 Å². The van der Waals surface area contributed by atoms with E-state index in [1.54, 1.807) is 0 Å². The first kappa shape index (κ1) is 16.1. The number of likely N-dealkylation sites (N-methyl/N-ethyl adjacent to an activating group) is 1. The number of hydrogen-bond acceptors (Lipinski definition) is 3. The minimum absolute atomic E-state index is 0.322. The van der Waals surface area contributed by atoms with Crippen LogP contribution in [0.4, 0.5) is 0 Å². The van der Waals surface area contributed by atoms with Gasteiger partial charge in [-0.1, -0.05) is 20.8 Å². The lowest BCUT2D eigenvalue weighted by Crippen LogP contribution is -2.39. The molecular weight excluding hydrogens is 234 g/mol. The summed E-state index contributed by atoms with van der Waals surface area (Å²) in [6.45, 7) is 11.3. The molecule has 0 saturated heterocycles. The highest BCUT2D eigenvalue weighted by atomic mass is 15.1. The van der Waals surface area contributed by atoms with Crippen LogP contribution >= 0.6 is 0 Å². The maximum absolute atomic E-state index is 4.05. The number of hydrogen-bond donors (Lipinski definition) is 1. The molecule has 1 rings (SSSR count). The van der Waals surface area contributed by atoms with Crippen molar-refractivity contribution >= 4 is 0 Å². The lowest BCUT2D eigenvalue weighted by Gasteiger charge is -2.30. The van der Waals surface area contributed by atoms with E-state index in [-0.39, 0.29) is 0 Å². The Morgan fingerprint density at radius 1 is 1.26 bits per heavy atom. The molecule has 0 aliphatic carbocycles. The fourth-order valence-electron chi connectivity index (χ4n) is 2.34. The van der Waals surface area contributed by atoms with Crippen molar-refractivity contribution in [2.75, 3.05) is 33.2 Å². The van der Waals surface area contributed by atoms with Crippen molar-refractivity contribution in [3.05, 3.63) is 30.1 Å². The van der Waals surface area contributed by atoms with E-state index in [4.69, 9.17) is 0 Å². The minimum Gasteiger partial charge on any atom is -0.316 e. The zero-order valence-corrected chi connectivity index (χ0v) is 12.9. The van der Waals surface area contributed by atoms with E-state index >= 15 is 0 Å². The second-order valence-electron chi connectivity index (χ2n) is 6.18. The van der Waals surface area contributed by atoms with Gasteiger partial charge in [0.2, 0.25) is 0 Å². The van der Waals surface area contributed by atoms with Crippen LogP contribution in [0, 0.1) is 5.41 Å². The summed E-state index contributed by atoms with van der Waals surface area (Å²) in [5.74, 6) is 0. The fourth-order valence-corrected chi connectivity index (χ4v) is 2.34. The average Bonchev–Trinajstić information content (AvgIpc) is 2.37. The molecule has 1 N–H and O–H groups in total. The van der Waals surface area contributed by atoms with Gasteiger partial charge in [-0.25, -0.2) is 0 Å². The second-order valence-corrected chi connectivity index (χ2v) is 6.18. The zero-order valence-electron chi connectivity index (χ0n) is 12.9. The third kappa shape index (κ3) is 7.28. The SMILES string of the molecule is CCCNCC(C)(C)CN(C)CCc1ccncc1. The van der Waals surface area contributed by atoms with Crippen LogP contribution in [0.15, 0.2) is 24.5 Å². The van der Waals surface area contributed by atoms with Crippen LogP contribution in [-0.4, -0.2) is 43.1 Å². The van der Waals surface area contributed by atoms with Crippen LogP contribution in [-0.2, 0) is 6.42 Å². The zero-order chi connectivity index (χ0) is 14.1. The van der Waals surface area contributed by atoms with Crippen molar-refractivity contribution in [3.8, 4) is 0 Å². The lowest BCUT2D eigenvalue weighted by atomic mass is 9.92. The summed E-state index contributed by atoms with van der Waals surface area (Å²) in [5.41, 5.74) is 1.69. The van der Waals surface area contributed by atoms with E-state index in [9.17, 15) is 0 Å². The molecule has 108 valence electrons. The van der Waals surface area contributed by atoms with Gasteiger partial charge >= 0.3 is 0 Å². The predicted molar refractivity (Wildman–Crippen MR) is 82.4 cm³/mol. The van der Waals surface area contributed by atoms with E-state index in [0.29, 0.717) is 5.41 Å². The molecule has 0 aromatic carbocycles. The topological polar surface area (TPSA) is 28.2 Å². The molecule has 0 unspecified atom stereocenters. The largest absolute Gasteiger partial charge is 0.316 e. The van der Waals surface area contributed by atoms with E-state index in [1.807, 2.05) is 12.4 Å². The quantitative estimate of drug-likeness (QED) is 0.694. The summed E-state index contributed by atoms with van der Waals surface area (Å²) in [5, 5.41) is 3.52. The summed E-state index contributed by atoms with van der Waals surface area (Å²) in [7, 11) is 2.21. The standard InChI is InChI=1S/C16H29N3/c1-5-9-18-13-16(2,3)14-19(4)12-8-15-6-10-17-11-7-15/h6-7,10-11,18H,5,8-9,12-14H2,1-4H3. The molecule has 1 aromatic heterocycles. The Balaban J connectivity index is 2.27. The molecule has 0 amide bonds. The number of nitrogens with one attached hydrogen (secondary N) is 1. The van der Waals surface area contributed by atoms with E-state index in [1.165, 1.54) is 12.0 Å². The maximum Gasteiger partial charge on any atom is 0.0270 e. The summed E-state index contributed by atoms with van der Waals surface area (Å²) in [6, 6.07) is 4.20. The highest BCUT2D eigenvalue weighted by Gasteiger charge is 2.19. The van der Waals surface area contributed by atoms with Crippen LogP contribution in [0.25, 0.3) is 0 Å². The van der Waals surface area contributed by atoms with Gasteiger partial charge in [0, 0.05) is 32.0 Å². The smallest absolute Gasteiger partial charge is 0.0270 e. The van der Waals surface area contributed by atoms with Gasteiger partial charge in [0.1, 0.15) is 0 Å². The van der Waals surface area contributed by atoms with Crippen LogP contribution in [0.5, 0.6) is 0 Å². The van der Waals surface area contributed by atoms with E-state index in [2.05, 4.69) is 55.2 Å². The molecule has 3 heteroatoms. The molecule has 0 bridgehead atoms. The number of nitrogens with zero attached hydrogens (tertiary/aromatic N) is 2. The third-order valence-corrected chi connectivity index (χ3v) is 3.26. The van der Waals surface area contributed by atoms with Gasteiger partial charge in [0.25, 0.3) is 0 Å². The maximum atomic E-state index is 4.05. The molecule has 1 aromatic rings. The minimum atomic E-state index is 0.322. The molecule has 1 heterocycles. The number of aromatic nitrogens is 1. The van der Waals surface area contributed by atoms with Gasteiger partial charge in [0.15, 0.2) is 0 Å². The first-order valence-electron chi connectivity index (χ1n) is 7.31. The van der Waals surface area contributed by atoms with Gasteiger partial charge < -0.3 is 10.2 Å². The number of rotatable bonds is 9. The molecule has 19 heavy (non-hydrogen) atoms. The van der Waals surface area contributed by atoms with Crippen molar-refractivity contribution in [1.82, 2.24) is 15.2 Å². The summed E-state index contributed by atoms with van der Waals surface area (Å²) < 4.78 is 0. The summed E-state index contributed by atoms with van der Waals surface area (Å²) >= 11 is 0. The second kappa shape index (κ2) is 8.28. The Bertz CT molecular complexity index is 335. The van der Waals surface area contributed by atoms with Crippen LogP contribution in [0.3, 0.4) is 0 Å². The molecular formula is C16H29N3. The van der Waals surface area contributed by atoms with Crippen LogP contribution < -0.4 is 5.32 Å². The van der Waals surface area contributed by atoms with E-state index < -0.39 is 0 Å². The van der Waals surface area contributed by atoms with Crippen molar-refractivity contribution in [3.63, 3.8) is 0 Å². The van der Waals surface area contributed by atoms with Crippen molar-refractivity contribution in [2.24, 2.45) is 5.41 Å². The average molecular weight is 263 g/mol. The Labute approximate surface area is 118 Å². The molecule has 3 nitrogen and oxygen atoms in total. The highest BCUT2D eigenvalue weighted by Crippen LogP contribution is 2.15. The van der Waals surface area contributed by atoms with E-state index in [0.717, 1.165) is 32.6 Å². The van der Waals surface area contributed by atoms with Gasteiger partial charge in [0.05, 0.1) is 0 Å². The highest BCUT2D eigenvalue weighted by molar-refractivity contribution is 5.09. The molecule has 0 fully saturated rings. The lowest BCUT2D eigenvalue weighted by molar-refractivity contribution is 0.206. The summed E-state index contributed by atoms with van der Waals surface area (Å²) in [4.78, 5) is 6.48. The Morgan fingerprint density at radius 2 is 1.95 bits per heavy atom.